The molecule has 0 N–H and O–H groups in total. The Morgan fingerprint density at radius 3 is 1.46 bits per heavy atom. The highest BCUT2D eigenvalue weighted by atomic mass is 16.6. The molecule has 0 aromatic carbocycles. The molecule has 0 heterocycles. The molecule has 0 aromatic rings. The van der Waals surface area contributed by atoms with E-state index in [0.29, 0.717) is 11.8 Å². The first-order valence-corrected chi connectivity index (χ1v) is 11.6. The van der Waals surface area contributed by atoms with Gasteiger partial charge in [0, 0.05) is 12.2 Å². The molecule has 2 aliphatic carbocycles. The third-order valence-corrected chi connectivity index (χ3v) is 7.44. The summed E-state index contributed by atoms with van der Waals surface area (Å²) in [5.41, 5.74) is -0.751. The van der Waals surface area contributed by atoms with Crippen LogP contribution in [0.2, 0.25) is 0 Å². The Bertz CT molecular complexity index is 507. The predicted molar refractivity (Wildman–Crippen MR) is 112 cm³/mol. The highest BCUT2D eigenvalue weighted by Gasteiger charge is 2.42. The Balaban J connectivity index is 1.99. The van der Waals surface area contributed by atoms with Crippen molar-refractivity contribution in [1.29, 1.82) is 0 Å². The number of carbonyl (C=O) groups is 2. The van der Waals surface area contributed by atoms with Crippen LogP contribution < -0.4 is 0 Å². The van der Waals surface area contributed by atoms with E-state index in [1.807, 2.05) is 0 Å². The van der Waals surface area contributed by atoms with Crippen LogP contribution in [0.1, 0.15) is 105 Å². The van der Waals surface area contributed by atoms with Crippen LogP contribution in [0.4, 0.5) is 0 Å². The first-order chi connectivity index (χ1) is 13.4. The van der Waals surface area contributed by atoms with Gasteiger partial charge in [0.2, 0.25) is 0 Å². The van der Waals surface area contributed by atoms with Crippen LogP contribution in [0, 0.1) is 11.8 Å². The monoisotopic (exact) mass is 392 g/mol. The average Bonchev–Trinajstić information content (AvgIpc) is 2.72. The normalized spacial score (nSPS) is 33.6. The van der Waals surface area contributed by atoms with Crippen molar-refractivity contribution >= 4 is 11.9 Å². The molecule has 0 radical (unpaired) electrons. The lowest BCUT2D eigenvalue weighted by Gasteiger charge is -2.43. The number of carbonyl (C=O) groups excluding carboxylic acids is 2. The third kappa shape index (κ3) is 5.18. The molecule has 2 saturated carbocycles. The van der Waals surface area contributed by atoms with Crippen LogP contribution in [0.3, 0.4) is 0 Å². The topological polar surface area (TPSA) is 52.6 Å². The van der Waals surface area contributed by atoms with E-state index in [1.54, 1.807) is 0 Å². The van der Waals surface area contributed by atoms with Crippen LogP contribution in [-0.4, -0.2) is 23.1 Å². The van der Waals surface area contributed by atoms with Crippen LogP contribution in [0.25, 0.3) is 0 Å². The molecular weight excluding hydrogens is 352 g/mol. The standard InChI is InChI=1S/C24H40O4/c1-5-19-13-9-11-17-23(19,7-3)27-21(25)15-16-22(26)28-24(8-4)18-12-10-14-20(24)6-2/h15-16,19-20H,5-14,17-18H2,1-4H3/b16-15-. The molecule has 2 rings (SSSR count). The van der Waals surface area contributed by atoms with E-state index < -0.39 is 11.9 Å². The second-order valence-corrected chi connectivity index (χ2v) is 8.71. The van der Waals surface area contributed by atoms with Crippen LogP contribution in [-0.2, 0) is 19.1 Å². The number of hydrogen-bond acceptors (Lipinski definition) is 4. The minimum Gasteiger partial charge on any atom is -0.456 e. The van der Waals surface area contributed by atoms with E-state index in [4.69, 9.17) is 9.47 Å². The number of esters is 2. The highest BCUT2D eigenvalue weighted by Crippen LogP contribution is 2.42. The summed E-state index contributed by atoms with van der Waals surface area (Å²) in [6.07, 6.45) is 14.9. The summed E-state index contributed by atoms with van der Waals surface area (Å²) >= 11 is 0. The maximum atomic E-state index is 12.5. The number of ether oxygens (including phenoxy) is 2. The Kier molecular flexibility index (Phi) is 8.57. The molecule has 4 unspecified atom stereocenters. The van der Waals surface area contributed by atoms with Gasteiger partial charge in [-0.05, 0) is 76.0 Å². The lowest BCUT2D eigenvalue weighted by atomic mass is 9.72. The summed E-state index contributed by atoms with van der Waals surface area (Å²) < 4.78 is 11.9. The summed E-state index contributed by atoms with van der Waals surface area (Å²) in [5.74, 6) is -0.0151. The third-order valence-electron chi connectivity index (χ3n) is 7.44. The maximum absolute atomic E-state index is 12.5. The molecular formula is C24H40O4. The van der Waals surface area contributed by atoms with Gasteiger partial charge < -0.3 is 9.47 Å². The zero-order valence-electron chi connectivity index (χ0n) is 18.4. The number of rotatable bonds is 8. The van der Waals surface area contributed by atoms with E-state index in [2.05, 4.69) is 27.7 Å². The van der Waals surface area contributed by atoms with E-state index >= 15 is 0 Å². The summed E-state index contributed by atoms with van der Waals surface area (Å²) in [6, 6.07) is 0. The van der Waals surface area contributed by atoms with Gasteiger partial charge in [-0.1, -0.05) is 40.5 Å². The zero-order valence-corrected chi connectivity index (χ0v) is 18.4. The van der Waals surface area contributed by atoms with Crippen LogP contribution >= 0.6 is 0 Å². The van der Waals surface area contributed by atoms with Gasteiger partial charge in [0.1, 0.15) is 11.2 Å². The fraction of sp³-hybridized carbons (Fsp3) is 0.833. The molecule has 4 nitrogen and oxygen atoms in total. The van der Waals surface area contributed by atoms with E-state index in [0.717, 1.165) is 64.2 Å². The number of hydrogen-bond donors (Lipinski definition) is 0. The molecule has 0 saturated heterocycles. The molecule has 0 bridgehead atoms. The molecule has 28 heavy (non-hydrogen) atoms. The van der Waals surface area contributed by atoms with Gasteiger partial charge in [-0.2, -0.15) is 0 Å². The van der Waals surface area contributed by atoms with Gasteiger partial charge >= 0.3 is 11.9 Å². The van der Waals surface area contributed by atoms with Crippen molar-refractivity contribution in [1.82, 2.24) is 0 Å². The van der Waals surface area contributed by atoms with Crippen molar-refractivity contribution in [3.8, 4) is 0 Å². The summed E-state index contributed by atoms with van der Waals surface area (Å²) in [5, 5.41) is 0. The SMILES string of the molecule is CCC1CCCCC1(CC)OC(=O)/C=C\C(=O)OC1(CC)CCCCC1CC. The van der Waals surface area contributed by atoms with Gasteiger partial charge in [-0.3, -0.25) is 0 Å². The smallest absolute Gasteiger partial charge is 0.331 e. The fourth-order valence-corrected chi connectivity index (χ4v) is 5.67. The fourth-order valence-electron chi connectivity index (χ4n) is 5.67. The summed E-state index contributed by atoms with van der Waals surface area (Å²) in [4.78, 5) is 25.0. The van der Waals surface area contributed by atoms with Crippen molar-refractivity contribution in [3.63, 3.8) is 0 Å². The van der Waals surface area contributed by atoms with Crippen molar-refractivity contribution in [2.45, 2.75) is 116 Å². The van der Waals surface area contributed by atoms with Gasteiger partial charge in [0.05, 0.1) is 0 Å². The Morgan fingerprint density at radius 1 is 0.750 bits per heavy atom. The summed E-state index contributed by atoms with van der Waals surface area (Å²) in [7, 11) is 0. The molecule has 0 aromatic heterocycles. The predicted octanol–water partition coefficient (Wildman–Crippen LogP) is 6.13. The Hall–Kier alpha value is -1.32. The molecule has 4 heteroatoms. The van der Waals surface area contributed by atoms with Crippen molar-refractivity contribution in [3.05, 3.63) is 12.2 Å². The van der Waals surface area contributed by atoms with Gasteiger partial charge in [-0.15, -0.1) is 0 Å². The van der Waals surface area contributed by atoms with E-state index in [9.17, 15) is 9.59 Å². The maximum Gasteiger partial charge on any atom is 0.331 e. The van der Waals surface area contributed by atoms with Gasteiger partial charge in [-0.25, -0.2) is 9.59 Å². The van der Waals surface area contributed by atoms with Gasteiger partial charge in [0.25, 0.3) is 0 Å². The summed E-state index contributed by atoms with van der Waals surface area (Å²) in [6.45, 7) is 8.52. The molecule has 2 fully saturated rings. The molecule has 4 atom stereocenters. The minimum atomic E-state index is -0.416. The second-order valence-electron chi connectivity index (χ2n) is 8.71. The highest BCUT2D eigenvalue weighted by molar-refractivity contribution is 5.92. The van der Waals surface area contributed by atoms with E-state index in [1.165, 1.54) is 25.0 Å². The first kappa shape index (κ1) is 23.0. The largest absolute Gasteiger partial charge is 0.456 e. The zero-order chi connectivity index (χ0) is 20.6. The van der Waals surface area contributed by atoms with E-state index in [-0.39, 0.29) is 11.2 Å². The van der Waals surface area contributed by atoms with Crippen LogP contribution in [0.5, 0.6) is 0 Å². The van der Waals surface area contributed by atoms with Crippen molar-refractivity contribution < 1.29 is 19.1 Å². The second kappa shape index (κ2) is 10.5. The lowest BCUT2D eigenvalue weighted by Crippen LogP contribution is -2.44. The lowest BCUT2D eigenvalue weighted by molar-refractivity contribution is -0.168. The Morgan fingerprint density at radius 2 is 1.14 bits per heavy atom. The molecule has 0 amide bonds. The van der Waals surface area contributed by atoms with Crippen LogP contribution in [0.15, 0.2) is 12.2 Å². The quantitative estimate of drug-likeness (QED) is 0.368. The average molecular weight is 393 g/mol. The minimum absolute atomic E-state index is 0.375. The van der Waals surface area contributed by atoms with Crippen molar-refractivity contribution in [2.75, 3.05) is 0 Å². The van der Waals surface area contributed by atoms with Crippen molar-refractivity contribution in [2.24, 2.45) is 11.8 Å². The molecule has 0 spiro atoms. The molecule has 0 aliphatic heterocycles. The van der Waals surface area contributed by atoms with Gasteiger partial charge in [0.15, 0.2) is 0 Å². The Labute approximate surface area is 171 Å². The molecule has 2 aliphatic rings. The molecule has 160 valence electrons. The first-order valence-electron chi connectivity index (χ1n) is 11.6.